The van der Waals surface area contributed by atoms with E-state index in [-0.39, 0.29) is 0 Å². The van der Waals surface area contributed by atoms with Crippen LogP contribution in [0.4, 0.5) is 5.69 Å². The molecule has 116 valence electrons. The first-order chi connectivity index (χ1) is 10.7. The van der Waals surface area contributed by atoms with E-state index in [1.807, 2.05) is 24.5 Å². The fourth-order valence-corrected chi connectivity index (χ4v) is 3.18. The van der Waals surface area contributed by atoms with E-state index in [2.05, 4.69) is 48.9 Å². The molecule has 1 aromatic carbocycles. The van der Waals surface area contributed by atoms with Crippen molar-refractivity contribution < 1.29 is 4.74 Å². The molecule has 2 heterocycles. The zero-order valence-electron chi connectivity index (χ0n) is 12.7. The lowest BCUT2D eigenvalue weighted by Crippen LogP contribution is -2.45. The summed E-state index contributed by atoms with van der Waals surface area (Å²) in [5.74, 6) is 0.917. The Morgan fingerprint density at radius 1 is 1.14 bits per heavy atom. The Hall–Kier alpha value is -1.59. The van der Waals surface area contributed by atoms with Crippen LogP contribution in [0, 0.1) is 0 Å². The second kappa shape index (κ2) is 7.11. The van der Waals surface area contributed by atoms with Crippen molar-refractivity contribution in [3.05, 3.63) is 52.8 Å². The molecule has 1 aliphatic heterocycles. The van der Waals surface area contributed by atoms with Gasteiger partial charge in [0.15, 0.2) is 0 Å². The number of nitrogens with zero attached hydrogens (tertiary/aromatic N) is 3. The minimum atomic E-state index is 0.917. The van der Waals surface area contributed by atoms with Crippen molar-refractivity contribution in [2.75, 3.05) is 38.2 Å². The van der Waals surface area contributed by atoms with Crippen molar-refractivity contribution >= 4 is 21.6 Å². The maximum atomic E-state index is 5.31. The largest absolute Gasteiger partial charge is 0.497 e. The number of methoxy groups -OCH3 is 1. The molecule has 0 spiro atoms. The van der Waals surface area contributed by atoms with Gasteiger partial charge in [-0.05, 0) is 39.7 Å². The van der Waals surface area contributed by atoms with E-state index in [0.717, 1.165) is 42.9 Å². The first kappa shape index (κ1) is 15.3. The van der Waals surface area contributed by atoms with Crippen molar-refractivity contribution in [3.8, 4) is 5.75 Å². The Labute approximate surface area is 139 Å². The molecule has 4 nitrogen and oxygen atoms in total. The van der Waals surface area contributed by atoms with Crippen LogP contribution in [-0.4, -0.2) is 43.2 Å². The monoisotopic (exact) mass is 361 g/mol. The topological polar surface area (TPSA) is 28.6 Å². The van der Waals surface area contributed by atoms with E-state index in [1.165, 1.54) is 11.3 Å². The molecule has 22 heavy (non-hydrogen) atoms. The van der Waals surface area contributed by atoms with Gasteiger partial charge < -0.3 is 9.64 Å². The molecule has 0 saturated carbocycles. The van der Waals surface area contributed by atoms with Gasteiger partial charge in [0, 0.05) is 61.3 Å². The van der Waals surface area contributed by atoms with Gasteiger partial charge in [0.05, 0.1) is 7.11 Å². The van der Waals surface area contributed by atoms with Crippen molar-refractivity contribution in [2.45, 2.75) is 6.54 Å². The summed E-state index contributed by atoms with van der Waals surface area (Å²) in [5.41, 5.74) is 2.49. The number of rotatable bonds is 4. The fourth-order valence-electron chi connectivity index (χ4n) is 2.77. The minimum absolute atomic E-state index is 0.917. The highest BCUT2D eigenvalue weighted by Gasteiger charge is 2.17. The average molecular weight is 362 g/mol. The van der Waals surface area contributed by atoms with E-state index >= 15 is 0 Å². The zero-order chi connectivity index (χ0) is 15.4. The summed E-state index contributed by atoms with van der Waals surface area (Å²) in [6.45, 7) is 5.15. The van der Waals surface area contributed by atoms with Crippen LogP contribution >= 0.6 is 15.9 Å². The standard InChI is InChI=1S/C17H20BrN3O/c1-22-17-4-2-3-16(10-17)21-7-5-20(6-8-21)13-14-9-15(18)12-19-11-14/h2-4,9-12H,5-8,13H2,1H3. The zero-order valence-corrected chi connectivity index (χ0v) is 14.3. The number of pyridine rings is 1. The lowest BCUT2D eigenvalue weighted by molar-refractivity contribution is 0.249. The molecule has 1 fully saturated rings. The highest BCUT2D eigenvalue weighted by molar-refractivity contribution is 9.10. The van der Waals surface area contributed by atoms with E-state index < -0.39 is 0 Å². The molecule has 1 aromatic heterocycles. The van der Waals surface area contributed by atoms with E-state index in [4.69, 9.17) is 4.74 Å². The first-order valence-electron chi connectivity index (χ1n) is 7.45. The average Bonchev–Trinajstić information content (AvgIpc) is 2.56. The minimum Gasteiger partial charge on any atom is -0.497 e. The normalized spacial score (nSPS) is 15.8. The Balaban J connectivity index is 1.58. The van der Waals surface area contributed by atoms with E-state index in [0.29, 0.717) is 0 Å². The van der Waals surface area contributed by atoms with Crippen LogP contribution in [0.25, 0.3) is 0 Å². The van der Waals surface area contributed by atoms with Gasteiger partial charge in [0.1, 0.15) is 5.75 Å². The molecule has 0 radical (unpaired) electrons. The van der Waals surface area contributed by atoms with Gasteiger partial charge in [0.2, 0.25) is 0 Å². The number of piperazine rings is 1. The second-order valence-corrected chi connectivity index (χ2v) is 6.39. The molecule has 5 heteroatoms. The maximum absolute atomic E-state index is 5.31. The van der Waals surface area contributed by atoms with E-state index in [9.17, 15) is 0 Å². The summed E-state index contributed by atoms with van der Waals surface area (Å²) in [6, 6.07) is 10.4. The summed E-state index contributed by atoms with van der Waals surface area (Å²) in [5, 5.41) is 0. The van der Waals surface area contributed by atoms with Gasteiger partial charge in [-0.3, -0.25) is 9.88 Å². The Kier molecular flexibility index (Phi) is 4.95. The Bertz CT molecular complexity index is 627. The summed E-state index contributed by atoms with van der Waals surface area (Å²) < 4.78 is 6.35. The molecule has 0 bridgehead atoms. The Morgan fingerprint density at radius 3 is 2.68 bits per heavy atom. The number of hydrogen-bond donors (Lipinski definition) is 0. The molecule has 1 saturated heterocycles. The third-order valence-corrected chi connectivity index (χ3v) is 4.39. The van der Waals surface area contributed by atoms with Crippen LogP contribution in [0.5, 0.6) is 5.75 Å². The summed E-state index contributed by atoms with van der Waals surface area (Å²) in [4.78, 5) is 9.12. The van der Waals surface area contributed by atoms with Crippen LogP contribution in [0.2, 0.25) is 0 Å². The summed E-state index contributed by atoms with van der Waals surface area (Å²) in [7, 11) is 1.71. The molecule has 1 aliphatic rings. The van der Waals surface area contributed by atoms with Crippen molar-refractivity contribution in [3.63, 3.8) is 0 Å². The number of hydrogen-bond acceptors (Lipinski definition) is 4. The number of benzene rings is 1. The molecule has 0 aliphatic carbocycles. The summed E-state index contributed by atoms with van der Waals surface area (Å²) >= 11 is 3.48. The van der Waals surface area contributed by atoms with Gasteiger partial charge in [-0.1, -0.05) is 6.07 Å². The van der Waals surface area contributed by atoms with Crippen molar-refractivity contribution in [2.24, 2.45) is 0 Å². The van der Waals surface area contributed by atoms with Gasteiger partial charge >= 0.3 is 0 Å². The van der Waals surface area contributed by atoms with Gasteiger partial charge in [-0.25, -0.2) is 0 Å². The van der Waals surface area contributed by atoms with Gasteiger partial charge in [0.25, 0.3) is 0 Å². The molecule has 0 unspecified atom stereocenters. The molecular weight excluding hydrogens is 342 g/mol. The summed E-state index contributed by atoms with van der Waals surface area (Å²) in [6.07, 6.45) is 3.77. The molecule has 0 amide bonds. The lowest BCUT2D eigenvalue weighted by Gasteiger charge is -2.36. The van der Waals surface area contributed by atoms with Crippen molar-refractivity contribution in [1.82, 2.24) is 9.88 Å². The second-order valence-electron chi connectivity index (χ2n) is 5.48. The lowest BCUT2D eigenvalue weighted by atomic mass is 10.2. The van der Waals surface area contributed by atoms with Crippen LogP contribution in [0.1, 0.15) is 5.56 Å². The fraction of sp³-hybridized carbons (Fsp3) is 0.353. The predicted molar refractivity (Wildman–Crippen MR) is 92.4 cm³/mol. The van der Waals surface area contributed by atoms with E-state index in [1.54, 1.807) is 7.11 Å². The van der Waals surface area contributed by atoms with Crippen LogP contribution in [0.15, 0.2) is 47.2 Å². The van der Waals surface area contributed by atoms with Gasteiger partial charge in [-0.2, -0.15) is 0 Å². The number of aromatic nitrogens is 1. The number of anilines is 1. The molecule has 0 N–H and O–H groups in total. The molecule has 0 atom stereocenters. The van der Waals surface area contributed by atoms with Crippen molar-refractivity contribution in [1.29, 1.82) is 0 Å². The number of halogens is 1. The molecule has 2 aromatic rings. The molecular formula is C17H20BrN3O. The van der Waals surface area contributed by atoms with Gasteiger partial charge in [-0.15, -0.1) is 0 Å². The quantitative estimate of drug-likeness (QED) is 0.836. The van der Waals surface area contributed by atoms with Crippen LogP contribution in [0.3, 0.4) is 0 Å². The molecule has 3 rings (SSSR count). The number of ether oxygens (including phenoxy) is 1. The highest BCUT2D eigenvalue weighted by atomic mass is 79.9. The maximum Gasteiger partial charge on any atom is 0.120 e. The highest BCUT2D eigenvalue weighted by Crippen LogP contribution is 2.22. The third-order valence-electron chi connectivity index (χ3n) is 3.96. The first-order valence-corrected chi connectivity index (χ1v) is 8.25. The predicted octanol–water partition coefficient (Wildman–Crippen LogP) is 3.17. The van der Waals surface area contributed by atoms with Crippen LogP contribution in [-0.2, 0) is 6.54 Å². The SMILES string of the molecule is COc1cccc(N2CCN(Cc3cncc(Br)c3)CC2)c1. The Morgan fingerprint density at radius 2 is 1.95 bits per heavy atom. The third kappa shape index (κ3) is 3.78. The smallest absolute Gasteiger partial charge is 0.120 e. The van der Waals surface area contributed by atoms with Crippen LogP contribution < -0.4 is 9.64 Å².